The molecule has 2 aliphatic carbocycles. The second-order valence-electron chi connectivity index (χ2n) is 12.3. The number of nitrogens with one attached hydrogen (secondary N) is 1. The summed E-state index contributed by atoms with van der Waals surface area (Å²) in [5.41, 5.74) is 4.77. The number of halogens is 1. The summed E-state index contributed by atoms with van der Waals surface area (Å²) in [6.07, 6.45) is 7.93. The quantitative estimate of drug-likeness (QED) is 0.325. The van der Waals surface area contributed by atoms with Gasteiger partial charge in [0.25, 0.3) is 5.91 Å². The number of allylic oxidation sites excluding steroid dienone is 1. The highest BCUT2D eigenvalue weighted by molar-refractivity contribution is 7.99. The summed E-state index contributed by atoms with van der Waals surface area (Å²) in [4.78, 5) is 15.7. The van der Waals surface area contributed by atoms with E-state index in [1.807, 2.05) is 31.2 Å². The highest BCUT2D eigenvalue weighted by atomic mass is 35.5. The molecule has 2 bridgehead atoms. The molecule has 2 aromatic rings. The lowest BCUT2D eigenvalue weighted by molar-refractivity contribution is 0.0452. The van der Waals surface area contributed by atoms with Gasteiger partial charge >= 0.3 is 0 Å². The zero-order chi connectivity index (χ0) is 28.1. The van der Waals surface area contributed by atoms with E-state index in [0.29, 0.717) is 30.9 Å². The third-order valence-corrected chi connectivity index (χ3v) is 11.2. The molecule has 1 spiro atoms. The number of carbonyl (C=O) groups excluding carboxylic acids is 1. The molecule has 0 saturated heterocycles. The predicted octanol–water partition coefficient (Wildman–Crippen LogP) is 5.30. The number of aliphatic hydroxyl groups is 1. The topological polar surface area (TPSA) is 78.9 Å². The van der Waals surface area contributed by atoms with Crippen LogP contribution < -0.4 is 14.4 Å². The number of anilines is 1. The van der Waals surface area contributed by atoms with E-state index in [9.17, 15) is 14.1 Å². The van der Waals surface area contributed by atoms with Crippen molar-refractivity contribution in [3.63, 3.8) is 0 Å². The fourth-order valence-corrected chi connectivity index (χ4v) is 8.53. The van der Waals surface area contributed by atoms with Gasteiger partial charge in [0.15, 0.2) is 0 Å². The van der Waals surface area contributed by atoms with Gasteiger partial charge in [-0.2, -0.15) is 0 Å². The van der Waals surface area contributed by atoms with Crippen molar-refractivity contribution in [3.8, 4) is 5.75 Å². The van der Waals surface area contributed by atoms with E-state index in [-0.39, 0.29) is 23.0 Å². The minimum Gasteiger partial charge on any atom is -0.490 e. The molecule has 0 aromatic heterocycles. The third kappa shape index (κ3) is 5.40. The van der Waals surface area contributed by atoms with E-state index in [2.05, 4.69) is 27.6 Å². The van der Waals surface area contributed by atoms with Gasteiger partial charge in [0.05, 0.1) is 18.4 Å². The lowest BCUT2D eigenvalue weighted by atomic mass is 9.68. The Kier molecular flexibility index (Phi) is 7.43. The Morgan fingerprint density at radius 2 is 2.02 bits per heavy atom. The molecule has 214 valence electrons. The van der Waals surface area contributed by atoms with Gasteiger partial charge in [-0.05, 0) is 111 Å². The van der Waals surface area contributed by atoms with Crippen molar-refractivity contribution in [1.29, 1.82) is 0 Å². The van der Waals surface area contributed by atoms with Crippen molar-refractivity contribution >= 4 is 38.8 Å². The van der Waals surface area contributed by atoms with Gasteiger partial charge in [-0.3, -0.25) is 9.52 Å². The number of aryl methyl sites for hydroxylation is 1. The Bertz CT molecular complexity index is 1450. The molecule has 1 amide bonds. The van der Waals surface area contributed by atoms with Crippen LogP contribution in [0, 0.1) is 11.8 Å². The third-order valence-electron chi connectivity index (χ3n) is 9.45. The summed E-state index contributed by atoms with van der Waals surface area (Å²) in [5.74, 6) is 5.02. The van der Waals surface area contributed by atoms with Crippen LogP contribution in [0.5, 0.6) is 5.75 Å². The van der Waals surface area contributed by atoms with Crippen molar-refractivity contribution in [1.82, 2.24) is 4.72 Å². The fraction of sp³-hybridized carbons (Fsp3) is 0.500. The molecule has 1 saturated carbocycles. The second-order valence-corrected chi connectivity index (χ2v) is 15.0. The van der Waals surface area contributed by atoms with Crippen molar-refractivity contribution in [2.24, 2.45) is 11.8 Å². The number of carbonyl (C=O) groups is 1. The SMILES string of the molecule is C=S1(=O)CCC/C(C)=C/[C@H](O)[C@@H]2CC[C@H]2CN2C[C@@]3(CCCc4cc(Cl)ccc43)COc3ccc(cc32)C(=O)N1. The summed E-state index contributed by atoms with van der Waals surface area (Å²) in [6, 6.07) is 11.7. The number of ether oxygens (including phenoxy) is 1. The summed E-state index contributed by atoms with van der Waals surface area (Å²) in [5, 5.41) is 11.9. The van der Waals surface area contributed by atoms with Crippen LogP contribution >= 0.6 is 11.6 Å². The number of fused-ring (bicyclic) bond motifs is 4. The number of nitrogens with zero attached hydrogens (tertiary/aromatic N) is 1. The van der Waals surface area contributed by atoms with E-state index in [1.165, 1.54) is 11.1 Å². The molecule has 6 rings (SSSR count). The van der Waals surface area contributed by atoms with Gasteiger partial charge in [0, 0.05) is 44.6 Å². The first-order valence-corrected chi connectivity index (χ1v) is 16.7. The minimum absolute atomic E-state index is 0.187. The average molecular weight is 583 g/mol. The Hall–Kier alpha value is -2.48. The molecule has 6 nitrogen and oxygen atoms in total. The summed E-state index contributed by atoms with van der Waals surface area (Å²) >= 11 is 6.39. The molecule has 1 unspecified atom stereocenters. The van der Waals surface area contributed by atoms with Gasteiger partial charge in [-0.1, -0.05) is 29.3 Å². The maximum absolute atomic E-state index is 13.3. The minimum atomic E-state index is -2.80. The van der Waals surface area contributed by atoms with Gasteiger partial charge in [0.1, 0.15) is 5.75 Å². The summed E-state index contributed by atoms with van der Waals surface area (Å²) in [7, 11) is -2.80. The number of hydrogen-bond donors (Lipinski definition) is 2. The van der Waals surface area contributed by atoms with Crippen LogP contribution in [0.3, 0.4) is 0 Å². The molecule has 0 radical (unpaired) electrons. The molecule has 2 heterocycles. The molecule has 2 N–H and O–H groups in total. The van der Waals surface area contributed by atoms with Crippen molar-refractivity contribution in [3.05, 3.63) is 69.8 Å². The van der Waals surface area contributed by atoms with Crippen LogP contribution in [0.15, 0.2) is 48.0 Å². The van der Waals surface area contributed by atoms with Crippen molar-refractivity contribution < 1.29 is 18.8 Å². The first kappa shape index (κ1) is 27.7. The number of amides is 1. The van der Waals surface area contributed by atoms with Crippen LogP contribution in [0.1, 0.15) is 66.9 Å². The molecule has 2 aromatic carbocycles. The molecule has 8 heteroatoms. The van der Waals surface area contributed by atoms with Crippen LogP contribution in [0.25, 0.3) is 0 Å². The van der Waals surface area contributed by atoms with Gasteiger partial charge < -0.3 is 14.7 Å². The van der Waals surface area contributed by atoms with E-state index < -0.39 is 15.8 Å². The number of aliphatic hydroxyl groups excluding tert-OH is 1. The monoisotopic (exact) mass is 582 g/mol. The maximum Gasteiger partial charge on any atom is 0.262 e. The Labute approximate surface area is 242 Å². The standard InChI is InChI=1S/C32H39ClN2O4S/c1-21-5-4-14-40(2,38)34-31(37)23-8-12-30-28(17-23)35(18-24-7-10-26(24)29(36)15-21)19-32(20-39-30)13-3-6-22-16-25(33)9-11-27(22)32/h8-9,11-12,15-17,24,26,29,36H,2-7,10,13-14,18-20H2,1H3,(H,34,37,38)/b21-15+/t24-,26+,29-,32-,40?/m0/s1. The van der Waals surface area contributed by atoms with Gasteiger partial charge in [0.2, 0.25) is 0 Å². The summed E-state index contributed by atoms with van der Waals surface area (Å²) in [6.45, 7) is 4.08. The Morgan fingerprint density at radius 1 is 1.18 bits per heavy atom. The molecular formula is C32H39ClN2O4S. The van der Waals surface area contributed by atoms with Crippen LogP contribution in [0.2, 0.25) is 5.02 Å². The van der Waals surface area contributed by atoms with E-state index in [0.717, 1.165) is 67.2 Å². The zero-order valence-electron chi connectivity index (χ0n) is 23.2. The van der Waals surface area contributed by atoms with Crippen LogP contribution in [0.4, 0.5) is 5.69 Å². The maximum atomic E-state index is 13.3. The highest BCUT2D eigenvalue weighted by Gasteiger charge is 2.44. The molecule has 40 heavy (non-hydrogen) atoms. The summed E-state index contributed by atoms with van der Waals surface area (Å²) < 4.78 is 22.4. The lowest BCUT2D eigenvalue weighted by Gasteiger charge is -2.45. The number of rotatable bonds is 0. The zero-order valence-corrected chi connectivity index (χ0v) is 24.7. The van der Waals surface area contributed by atoms with Crippen LogP contribution in [-0.4, -0.2) is 52.6 Å². The normalized spacial score (nSPS) is 33.8. The molecule has 2 aliphatic heterocycles. The molecular weight excluding hydrogens is 544 g/mol. The first-order valence-electron chi connectivity index (χ1n) is 14.5. The van der Waals surface area contributed by atoms with Crippen molar-refractivity contribution in [2.45, 2.75) is 63.4 Å². The molecule has 1 fully saturated rings. The lowest BCUT2D eigenvalue weighted by Crippen LogP contribution is -2.49. The largest absolute Gasteiger partial charge is 0.490 e. The first-order chi connectivity index (χ1) is 19.1. The van der Waals surface area contributed by atoms with Gasteiger partial charge in [-0.15, -0.1) is 0 Å². The van der Waals surface area contributed by atoms with E-state index in [4.69, 9.17) is 16.3 Å². The highest BCUT2D eigenvalue weighted by Crippen LogP contribution is 2.46. The van der Waals surface area contributed by atoms with Crippen molar-refractivity contribution in [2.75, 3.05) is 30.3 Å². The predicted molar refractivity (Wildman–Crippen MR) is 163 cm³/mol. The fourth-order valence-electron chi connectivity index (χ4n) is 7.17. The van der Waals surface area contributed by atoms with E-state index in [1.54, 1.807) is 6.07 Å². The number of benzene rings is 2. The Balaban J connectivity index is 1.42. The Morgan fingerprint density at radius 3 is 2.83 bits per heavy atom. The van der Waals surface area contributed by atoms with Gasteiger partial charge in [-0.25, -0.2) is 4.21 Å². The molecule has 4 aliphatic rings. The number of hydrogen-bond acceptors (Lipinski definition) is 5. The second kappa shape index (κ2) is 10.7. The average Bonchev–Trinajstić information content (AvgIpc) is 3.02. The van der Waals surface area contributed by atoms with E-state index >= 15 is 0 Å². The smallest absolute Gasteiger partial charge is 0.262 e. The molecule has 5 atom stereocenters. The van der Waals surface area contributed by atoms with Crippen LogP contribution in [-0.2, 0) is 21.5 Å².